The van der Waals surface area contributed by atoms with E-state index in [9.17, 15) is 5.11 Å². The first kappa shape index (κ1) is 17.0. The number of rotatable bonds is 8. The Morgan fingerprint density at radius 3 is 2.45 bits per heavy atom. The van der Waals surface area contributed by atoms with Gasteiger partial charge in [-0.15, -0.1) is 0 Å². The molecule has 2 rings (SSSR count). The van der Waals surface area contributed by atoms with Crippen molar-refractivity contribution in [1.29, 1.82) is 0 Å². The zero-order valence-electron chi connectivity index (χ0n) is 14.3. The van der Waals surface area contributed by atoms with Crippen LogP contribution in [0.2, 0.25) is 0 Å². The van der Waals surface area contributed by atoms with Crippen LogP contribution in [-0.2, 0) is 7.05 Å². The summed E-state index contributed by atoms with van der Waals surface area (Å²) in [5.74, 6) is 1.01. The predicted octanol–water partition coefficient (Wildman–Crippen LogP) is 3.56. The van der Waals surface area contributed by atoms with Crippen LogP contribution in [0, 0.1) is 0 Å². The van der Waals surface area contributed by atoms with Crippen molar-refractivity contribution in [2.45, 2.75) is 58.1 Å². The molecule has 0 spiro atoms. The topological polar surface area (TPSA) is 50.1 Å². The summed E-state index contributed by atoms with van der Waals surface area (Å²) in [6.45, 7) is 6.96. The minimum absolute atomic E-state index is 0.109. The fraction of sp³-hybridized carbons (Fsp3) is 0.611. The van der Waals surface area contributed by atoms with Crippen molar-refractivity contribution in [2.24, 2.45) is 7.05 Å². The number of benzene rings is 1. The summed E-state index contributed by atoms with van der Waals surface area (Å²) in [6, 6.07) is 8.28. The molecule has 4 nitrogen and oxygen atoms in total. The van der Waals surface area contributed by atoms with Gasteiger partial charge in [-0.3, -0.25) is 0 Å². The van der Waals surface area contributed by atoms with E-state index in [1.807, 2.05) is 25.2 Å². The van der Waals surface area contributed by atoms with Gasteiger partial charge in [0.15, 0.2) is 0 Å². The van der Waals surface area contributed by atoms with Crippen molar-refractivity contribution in [3.63, 3.8) is 0 Å². The first-order valence-corrected chi connectivity index (χ1v) is 8.38. The third kappa shape index (κ3) is 3.68. The SMILES string of the molecule is CCCC(O)(CCC)CNC(C)c1nc2ccccc2n1C. The maximum Gasteiger partial charge on any atom is 0.126 e. The fourth-order valence-corrected chi connectivity index (χ4v) is 3.22. The van der Waals surface area contributed by atoms with Gasteiger partial charge in [-0.25, -0.2) is 4.98 Å². The van der Waals surface area contributed by atoms with Crippen molar-refractivity contribution in [3.8, 4) is 0 Å². The van der Waals surface area contributed by atoms with Gasteiger partial charge in [0.1, 0.15) is 5.82 Å². The van der Waals surface area contributed by atoms with E-state index in [0.717, 1.165) is 42.5 Å². The smallest absolute Gasteiger partial charge is 0.126 e. The molecule has 22 heavy (non-hydrogen) atoms. The number of para-hydroxylation sites is 2. The molecule has 1 aromatic carbocycles. The Morgan fingerprint density at radius 1 is 1.23 bits per heavy atom. The van der Waals surface area contributed by atoms with Gasteiger partial charge in [0.25, 0.3) is 0 Å². The van der Waals surface area contributed by atoms with Crippen LogP contribution >= 0.6 is 0 Å². The van der Waals surface area contributed by atoms with Gasteiger partial charge in [-0.05, 0) is 31.9 Å². The monoisotopic (exact) mass is 303 g/mol. The van der Waals surface area contributed by atoms with Gasteiger partial charge in [0, 0.05) is 13.6 Å². The Morgan fingerprint density at radius 2 is 1.86 bits per heavy atom. The minimum atomic E-state index is -0.609. The third-order valence-electron chi connectivity index (χ3n) is 4.38. The number of aryl methyl sites for hydroxylation is 1. The number of hydrogen-bond donors (Lipinski definition) is 2. The molecule has 0 saturated carbocycles. The Kier molecular flexibility index (Phi) is 5.59. The van der Waals surface area contributed by atoms with Crippen molar-refractivity contribution in [3.05, 3.63) is 30.1 Å². The van der Waals surface area contributed by atoms with E-state index in [1.165, 1.54) is 0 Å². The average Bonchev–Trinajstić information content (AvgIpc) is 2.83. The van der Waals surface area contributed by atoms with Crippen LogP contribution in [0.3, 0.4) is 0 Å². The molecule has 0 aliphatic rings. The first-order valence-electron chi connectivity index (χ1n) is 8.38. The van der Waals surface area contributed by atoms with E-state index < -0.39 is 5.60 Å². The highest BCUT2D eigenvalue weighted by molar-refractivity contribution is 5.75. The standard InChI is InChI=1S/C18H29N3O/c1-5-11-18(22,12-6-2)13-19-14(3)17-20-15-9-7-8-10-16(15)21(17)4/h7-10,14,19,22H,5-6,11-13H2,1-4H3. The number of aromatic nitrogens is 2. The highest BCUT2D eigenvalue weighted by atomic mass is 16.3. The second kappa shape index (κ2) is 7.25. The van der Waals surface area contributed by atoms with E-state index in [2.05, 4.69) is 36.7 Å². The Labute approximate surface area is 133 Å². The maximum atomic E-state index is 10.7. The molecular formula is C18H29N3O. The lowest BCUT2D eigenvalue weighted by atomic mass is 9.92. The van der Waals surface area contributed by atoms with Gasteiger partial charge < -0.3 is 15.0 Å². The zero-order chi connectivity index (χ0) is 16.2. The number of aliphatic hydroxyl groups is 1. The van der Waals surface area contributed by atoms with Crippen molar-refractivity contribution in [2.75, 3.05) is 6.54 Å². The van der Waals surface area contributed by atoms with E-state index in [4.69, 9.17) is 4.98 Å². The molecule has 0 aliphatic carbocycles. The van der Waals surface area contributed by atoms with E-state index in [1.54, 1.807) is 0 Å². The number of nitrogens with one attached hydrogen (secondary N) is 1. The van der Waals surface area contributed by atoms with Crippen LogP contribution in [0.25, 0.3) is 11.0 Å². The number of fused-ring (bicyclic) bond motifs is 1. The summed E-state index contributed by atoms with van der Waals surface area (Å²) in [5, 5.41) is 14.2. The van der Waals surface area contributed by atoms with Crippen LogP contribution in [0.15, 0.2) is 24.3 Å². The highest BCUT2D eigenvalue weighted by Gasteiger charge is 2.26. The predicted molar refractivity (Wildman–Crippen MR) is 91.9 cm³/mol. The van der Waals surface area contributed by atoms with Crippen LogP contribution in [0.1, 0.15) is 58.3 Å². The van der Waals surface area contributed by atoms with Gasteiger partial charge in [-0.2, -0.15) is 0 Å². The summed E-state index contributed by atoms with van der Waals surface area (Å²) in [5.41, 5.74) is 1.55. The summed E-state index contributed by atoms with van der Waals surface area (Å²) in [4.78, 5) is 4.72. The van der Waals surface area contributed by atoms with Gasteiger partial charge in [0.05, 0.1) is 22.7 Å². The molecule has 4 heteroatoms. The molecule has 1 heterocycles. The molecule has 0 fully saturated rings. The normalized spacial score (nSPS) is 13.7. The molecule has 1 aromatic heterocycles. The molecule has 1 atom stereocenters. The molecule has 2 N–H and O–H groups in total. The van der Waals surface area contributed by atoms with Crippen LogP contribution in [0.5, 0.6) is 0 Å². The minimum Gasteiger partial charge on any atom is -0.389 e. The summed E-state index contributed by atoms with van der Waals surface area (Å²) in [6.07, 6.45) is 3.67. The molecular weight excluding hydrogens is 274 g/mol. The zero-order valence-corrected chi connectivity index (χ0v) is 14.3. The van der Waals surface area contributed by atoms with Crippen LogP contribution in [-0.4, -0.2) is 26.8 Å². The Balaban J connectivity index is 2.10. The van der Waals surface area contributed by atoms with E-state index in [-0.39, 0.29) is 6.04 Å². The molecule has 0 radical (unpaired) electrons. The number of imidazole rings is 1. The second-order valence-electron chi connectivity index (χ2n) is 6.34. The van der Waals surface area contributed by atoms with Gasteiger partial charge in [-0.1, -0.05) is 38.8 Å². The van der Waals surface area contributed by atoms with Gasteiger partial charge >= 0.3 is 0 Å². The lowest BCUT2D eigenvalue weighted by Crippen LogP contribution is -2.41. The quantitative estimate of drug-likeness (QED) is 0.784. The second-order valence-corrected chi connectivity index (χ2v) is 6.34. The molecule has 122 valence electrons. The number of hydrogen-bond acceptors (Lipinski definition) is 3. The first-order chi connectivity index (χ1) is 10.5. The molecule has 2 aromatic rings. The average molecular weight is 303 g/mol. The van der Waals surface area contributed by atoms with E-state index >= 15 is 0 Å². The fourth-order valence-electron chi connectivity index (χ4n) is 3.22. The highest BCUT2D eigenvalue weighted by Crippen LogP contribution is 2.22. The Hall–Kier alpha value is -1.39. The largest absolute Gasteiger partial charge is 0.389 e. The van der Waals surface area contributed by atoms with Crippen molar-refractivity contribution < 1.29 is 5.11 Å². The van der Waals surface area contributed by atoms with Crippen LogP contribution in [0.4, 0.5) is 0 Å². The van der Waals surface area contributed by atoms with Crippen LogP contribution < -0.4 is 5.32 Å². The Bertz CT molecular complexity index is 599. The molecule has 1 unspecified atom stereocenters. The van der Waals surface area contributed by atoms with Crippen molar-refractivity contribution in [1.82, 2.24) is 14.9 Å². The van der Waals surface area contributed by atoms with Gasteiger partial charge in [0.2, 0.25) is 0 Å². The maximum absolute atomic E-state index is 10.7. The lowest BCUT2D eigenvalue weighted by molar-refractivity contribution is 0.0193. The summed E-state index contributed by atoms with van der Waals surface area (Å²) in [7, 11) is 2.05. The summed E-state index contributed by atoms with van der Waals surface area (Å²) < 4.78 is 2.13. The molecule has 0 saturated heterocycles. The van der Waals surface area contributed by atoms with E-state index in [0.29, 0.717) is 6.54 Å². The third-order valence-corrected chi connectivity index (χ3v) is 4.38. The summed E-state index contributed by atoms with van der Waals surface area (Å²) >= 11 is 0. The molecule has 0 aliphatic heterocycles. The van der Waals surface area contributed by atoms with Crippen molar-refractivity contribution >= 4 is 11.0 Å². The molecule has 0 amide bonds. The lowest BCUT2D eigenvalue weighted by Gasteiger charge is -2.29. The molecule has 0 bridgehead atoms. The number of nitrogens with zero attached hydrogens (tertiary/aromatic N) is 2.